The summed E-state index contributed by atoms with van der Waals surface area (Å²) in [7, 11) is 0. The average Bonchev–Trinajstić information content (AvgIpc) is 2.65. The van der Waals surface area contributed by atoms with Crippen LogP contribution in [0.3, 0.4) is 0 Å². The third-order valence-electron chi connectivity index (χ3n) is 4.64. The molecule has 0 radical (unpaired) electrons. The van der Waals surface area contributed by atoms with E-state index in [1.165, 1.54) is 17.5 Å². The number of nitrogens with zero attached hydrogens (tertiary/aromatic N) is 1. The van der Waals surface area contributed by atoms with E-state index in [9.17, 15) is 4.79 Å². The number of fused-ring (bicyclic) bond motifs is 2. The van der Waals surface area contributed by atoms with Crippen molar-refractivity contribution in [3.8, 4) is 0 Å². The van der Waals surface area contributed by atoms with Gasteiger partial charge in [0.05, 0.1) is 0 Å². The molecular weight excluding hydrogens is 272 g/mol. The number of carbonyl (C=O) groups is 1. The largest absolute Gasteiger partial charge is 0.331 e. The summed E-state index contributed by atoms with van der Waals surface area (Å²) in [5.41, 5.74) is 3.30. The summed E-state index contributed by atoms with van der Waals surface area (Å²) in [4.78, 5) is 14.9. The topological polar surface area (TPSA) is 32.3 Å². The molecule has 20 heavy (non-hydrogen) atoms. The molecule has 0 saturated carbocycles. The fourth-order valence-electron chi connectivity index (χ4n) is 3.34. The van der Waals surface area contributed by atoms with Gasteiger partial charge in [0, 0.05) is 24.2 Å². The second-order valence-electron chi connectivity index (χ2n) is 5.89. The van der Waals surface area contributed by atoms with Gasteiger partial charge < -0.3 is 10.2 Å². The van der Waals surface area contributed by atoms with Gasteiger partial charge in [-0.3, -0.25) is 4.79 Å². The number of nitrogens with one attached hydrogen (secondary N) is 1. The molecule has 2 fully saturated rings. The lowest BCUT2D eigenvalue weighted by Crippen LogP contribution is -2.42. The van der Waals surface area contributed by atoms with Crippen LogP contribution < -0.4 is 5.32 Å². The van der Waals surface area contributed by atoms with E-state index >= 15 is 0 Å². The predicted octanol–water partition coefficient (Wildman–Crippen LogP) is 2.69. The Morgan fingerprint density at radius 3 is 2.65 bits per heavy atom. The van der Waals surface area contributed by atoms with Crippen molar-refractivity contribution in [1.82, 2.24) is 10.2 Å². The van der Waals surface area contributed by atoms with Gasteiger partial charge in [0.15, 0.2) is 0 Å². The molecule has 0 aromatic heterocycles. The Balaban J connectivity index is 0.00000147. The van der Waals surface area contributed by atoms with E-state index in [2.05, 4.69) is 30.1 Å². The van der Waals surface area contributed by atoms with E-state index in [4.69, 9.17) is 0 Å². The Labute approximate surface area is 127 Å². The van der Waals surface area contributed by atoms with Gasteiger partial charge in [-0.1, -0.05) is 6.07 Å². The SMILES string of the molecule is Cc1ccc(C(=O)N2C3CCNCC2CC3)cc1C.Cl. The molecule has 2 unspecified atom stereocenters. The maximum absolute atomic E-state index is 12.8. The fraction of sp³-hybridized carbons (Fsp3) is 0.562. The van der Waals surface area contributed by atoms with E-state index in [0.717, 1.165) is 31.5 Å². The third kappa shape index (κ3) is 2.70. The van der Waals surface area contributed by atoms with Crippen LogP contribution in [0.15, 0.2) is 18.2 Å². The van der Waals surface area contributed by atoms with Crippen LogP contribution in [0.25, 0.3) is 0 Å². The Hall–Kier alpha value is -1.06. The van der Waals surface area contributed by atoms with Crippen LogP contribution in [-0.2, 0) is 0 Å². The summed E-state index contributed by atoms with van der Waals surface area (Å²) in [5.74, 6) is 0.222. The normalized spacial score (nSPS) is 25.0. The van der Waals surface area contributed by atoms with Crippen molar-refractivity contribution in [2.75, 3.05) is 13.1 Å². The summed E-state index contributed by atoms with van der Waals surface area (Å²) in [6, 6.07) is 6.90. The van der Waals surface area contributed by atoms with Crippen molar-refractivity contribution in [2.24, 2.45) is 0 Å². The molecule has 1 aromatic rings. The molecule has 0 aliphatic carbocycles. The van der Waals surface area contributed by atoms with E-state index in [1.54, 1.807) is 0 Å². The predicted molar refractivity (Wildman–Crippen MR) is 83.6 cm³/mol. The van der Waals surface area contributed by atoms with Crippen LogP contribution in [0.4, 0.5) is 0 Å². The molecule has 2 aliphatic rings. The molecule has 3 rings (SSSR count). The lowest BCUT2D eigenvalue weighted by Gasteiger charge is -2.28. The minimum Gasteiger partial charge on any atom is -0.331 e. The van der Waals surface area contributed by atoms with Crippen molar-refractivity contribution in [1.29, 1.82) is 0 Å². The Morgan fingerprint density at radius 2 is 1.90 bits per heavy atom. The first kappa shape index (κ1) is 15.3. The molecular formula is C16H23ClN2O. The Morgan fingerprint density at radius 1 is 1.15 bits per heavy atom. The standard InChI is InChI=1S/C16H22N2O.ClH/c1-11-3-4-13(9-12(11)2)16(19)18-14-5-6-15(18)10-17-8-7-14;/h3-4,9,14-15,17H,5-8,10H2,1-2H3;1H. The minimum absolute atomic E-state index is 0. The van der Waals surface area contributed by atoms with Crippen LogP contribution >= 0.6 is 12.4 Å². The van der Waals surface area contributed by atoms with Crippen LogP contribution in [0.2, 0.25) is 0 Å². The molecule has 2 bridgehead atoms. The molecule has 1 N–H and O–H groups in total. The lowest BCUT2D eigenvalue weighted by molar-refractivity contribution is 0.0680. The van der Waals surface area contributed by atoms with E-state index in [-0.39, 0.29) is 18.3 Å². The van der Waals surface area contributed by atoms with Crippen molar-refractivity contribution in [3.63, 3.8) is 0 Å². The van der Waals surface area contributed by atoms with E-state index < -0.39 is 0 Å². The highest BCUT2D eigenvalue weighted by molar-refractivity contribution is 5.95. The third-order valence-corrected chi connectivity index (χ3v) is 4.64. The highest BCUT2D eigenvalue weighted by atomic mass is 35.5. The molecule has 2 heterocycles. The summed E-state index contributed by atoms with van der Waals surface area (Å²) in [5, 5.41) is 3.44. The molecule has 2 saturated heterocycles. The maximum Gasteiger partial charge on any atom is 0.254 e. The lowest BCUT2D eigenvalue weighted by atomic mass is 10.0. The van der Waals surface area contributed by atoms with Crippen LogP contribution in [0.5, 0.6) is 0 Å². The Kier molecular flexibility index (Phi) is 4.71. The highest BCUT2D eigenvalue weighted by Crippen LogP contribution is 2.29. The van der Waals surface area contributed by atoms with Gasteiger partial charge in [-0.05, 0) is 62.9 Å². The number of benzene rings is 1. The molecule has 2 aliphatic heterocycles. The second kappa shape index (κ2) is 6.15. The second-order valence-corrected chi connectivity index (χ2v) is 5.89. The van der Waals surface area contributed by atoms with Crippen molar-refractivity contribution < 1.29 is 4.79 Å². The van der Waals surface area contributed by atoms with Gasteiger partial charge in [0.2, 0.25) is 0 Å². The van der Waals surface area contributed by atoms with Crippen LogP contribution in [-0.4, -0.2) is 36.0 Å². The molecule has 1 aromatic carbocycles. The highest BCUT2D eigenvalue weighted by Gasteiger charge is 2.38. The van der Waals surface area contributed by atoms with Gasteiger partial charge in [-0.2, -0.15) is 0 Å². The van der Waals surface area contributed by atoms with E-state index in [0.29, 0.717) is 12.1 Å². The van der Waals surface area contributed by atoms with Crippen molar-refractivity contribution >= 4 is 18.3 Å². The molecule has 1 amide bonds. The number of halogens is 1. The zero-order valence-corrected chi connectivity index (χ0v) is 13.0. The van der Waals surface area contributed by atoms with Gasteiger partial charge in [0.1, 0.15) is 0 Å². The van der Waals surface area contributed by atoms with Gasteiger partial charge in [0.25, 0.3) is 5.91 Å². The first-order valence-corrected chi connectivity index (χ1v) is 7.27. The summed E-state index contributed by atoms with van der Waals surface area (Å²) >= 11 is 0. The van der Waals surface area contributed by atoms with Gasteiger partial charge >= 0.3 is 0 Å². The average molecular weight is 295 g/mol. The monoisotopic (exact) mass is 294 g/mol. The molecule has 3 nitrogen and oxygen atoms in total. The summed E-state index contributed by atoms with van der Waals surface area (Å²) in [6.45, 7) is 6.15. The fourth-order valence-corrected chi connectivity index (χ4v) is 3.34. The number of hydrogen-bond acceptors (Lipinski definition) is 2. The van der Waals surface area contributed by atoms with Crippen molar-refractivity contribution in [2.45, 2.75) is 45.2 Å². The number of hydrogen-bond donors (Lipinski definition) is 1. The zero-order chi connectivity index (χ0) is 13.4. The number of aryl methyl sites for hydroxylation is 2. The van der Waals surface area contributed by atoms with Crippen LogP contribution in [0.1, 0.15) is 40.7 Å². The molecule has 0 spiro atoms. The number of carbonyl (C=O) groups excluding carboxylic acids is 1. The van der Waals surface area contributed by atoms with Crippen LogP contribution in [0, 0.1) is 13.8 Å². The smallest absolute Gasteiger partial charge is 0.254 e. The molecule has 2 atom stereocenters. The summed E-state index contributed by atoms with van der Waals surface area (Å²) < 4.78 is 0. The Bertz CT molecular complexity index is 489. The van der Waals surface area contributed by atoms with E-state index in [1.807, 2.05) is 12.1 Å². The molecule has 4 heteroatoms. The molecule has 110 valence electrons. The quantitative estimate of drug-likeness (QED) is 0.864. The summed E-state index contributed by atoms with van der Waals surface area (Å²) in [6.07, 6.45) is 3.41. The number of amides is 1. The van der Waals surface area contributed by atoms with Crippen molar-refractivity contribution in [3.05, 3.63) is 34.9 Å². The number of rotatable bonds is 1. The first-order chi connectivity index (χ1) is 9.16. The first-order valence-electron chi connectivity index (χ1n) is 7.27. The van der Waals surface area contributed by atoms with Gasteiger partial charge in [-0.15, -0.1) is 12.4 Å². The zero-order valence-electron chi connectivity index (χ0n) is 12.2. The maximum atomic E-state index is 12.8. The minimum atomic E-state index is 0. The van der Waals surface area contributed by atoms with Gasteiger partial charge in [-0.25, -0.2) is 0 Å².